The van der Waals surface area contributed by atoms with Gasteiger partial charge in [-0.05, 0) is 90.3 Å². The van der Waals surface area contributed by atoms with Gasteiger partial charge in [0, 0.05) is 10.8 Å². The summed E-state index contributed by atoms with van der Waals surface area (Å²) < 4.78 is 12.7. The van der Waals surface area contributed by atoms with Gasteiger partial charge >= 0.3 is 7.69 Å². The molecule has 2 nitrogen and oxygen atoms in total. The van der Waals surface area contributed by atoms with Crippen molar-refractivity contribution < 1.29 is 9.31 Å². The second kappa shape index (κ2) is 8.78. The first-order valence-corrected chi connectivity index (χ1v) is 13.3. The van der Waals surface area contributed by atoms with Crippen LogP contribution in [-0.4, -0.2) is 7.69 Å². The van der Waals surface area contributed by atoms with E-state index in [2.05, 4.69) is 109 Å². The van der Waals surface area contributed by atoms with Gasteiger partial charge in [0.25, 0.3) is 0 Å². The maximum atomic E-state index is 6.35. The summed E-state index contributed by atoms with van der Waals surface area (Å²) in [6, 6.07) is 47.2. The number of rotatable bonds is 4. The van der Waals surface area contributed by atoms with Crippen LogP contribution < -0.4 is 9.31 Å². The number of fused-ring (bicyclic) bond motifs is 8. The SMILES string of the molecule is B(Oc1cccc2ccc3cc4ccccc4cc3c12)Oc1cccc2ccc3cc4ccccc4cc3c12. The predicted molar refractivity (Wildman–Crippen MR) is 166 cm³/mol. The molecule has 8 aromatic carbocycles. The summed E-state index contributed by atoms with van der Waals surface area (Å²) in [5.74, 6) is 1.65. The van der Waals surface area contributed by atoms with Crippen LogP contribution in [0.2, 0.25) is 0 Å². The molecule has 0 fully saturated rings. The zero-order valence-electron chi connectivity index (χ0n) is 21.2. The van der Waals surface area contributed by atoms with Crippen molar-refractivity contribution in [2.24, 2.45) is 0 Å². The highest BCUT2D eigenvalue weighted by Gasteiger charge is 2.12. The summed E-state index contributed by atoms with van der Waals surface area (Å²) >= 11 is 0. The molecule has 0 N–H and O–H groups in total. The lowest BCUT2D eigenvalue weighted by molar-refractivity contribution is 0.465. The van der Waals surface area contributed by atoms with Gasteiger partial charge < -0.3 is 9.31 Å². The van der Waals surface area contributed by atoms with Crippen molar-refractivity contribution in [1.29, 1.82) is 0 Å². The van der Waals surface area contributed by atoms with E-state index in [1.54, 1.807) is 0 Å². The largest absolute Gasteiger partial charge is 0.576 e. The fourth-order valence-corrected chi connectivity index (χ4v) is 5.93. The molecule has 0 unspecified atom stereocenters. The van der Waals surface area contributed by atoms with Crippen molar-refractivity contribution in [1.82, 2.24) is 0 Å². The van der Waals surface area contributed by atoms with Crippen LogP contribution in [0, 0.1) is 0 Å². The lowest BCUT2D eigenvalue weighted by Crippen LogP contribution is -2.11. The van der Waals surface area contributed by atoms with Crippen LogP contribution in [0.4, 0.5) is 0 Å². The predicted octanol–water partition coefficient (Wildman–Crippen LogP) is 9.33. The Kier molecular flexibility index (Phi) is 4.96. The Morgan fingerprint density at radius 1 is 0.333 bits per heavy atom. The second-order valence-electron chi connectivity index (χ2n) is 10.1. The fourth-order valence-electron chi connectivity index (χ4n) is 5.93. The minimum absolute atomic E-state index is 0.117. The van der Waals surface area contributed by atoms with Gasteiger partial charge in [0.1, 0.15) is 11.5 Å². The van der Waals surface area contributed by atoms with Gasteiger partial charge in [-0.1, -0.05) is 97.1 Å². The van der Waals surface area contributed by atoms with E-state index in [4.69, 9.17) is 9.31 Å². The molecule has 39 heavy (non-hydrogen) atoms. The molecule has 0 bridgehead atoms. The quantitative estimate of drug-likeness (QED) is 0.137. The maximum absolute atomic E-state index is 6.35. The van der Waals surface area contributed by atoms with E-state index in [1.807, 2.05) is 24.3 Å². The summed E-state index contributed by atoms with van der Waals surface area (Å²) in [6.45, 7) is 0. The van der Waals surface area contributed by atoms with Gasteiger partial charge in [-0.2, -0.15) is 0 Å². The van der Waals surface area contributed by atoms with Gasteiger partial charge in [-0.15, -0.1) is 0 Å². The first-order chi connectivity index (χ1) is 19.3. The van der Waals surface area contributed by atoms with Gasteiger partial charge in [0.2, 0.25) is 0 Å². The third-order valence-corrected chi connectivity index (χ3v) is 7.81. The highest BCUT2D eigenvalue weighted by Crippen LogP contribution is 2.37. The zero-order valence-corrected chi connectivity index (χ0v) is 21.2. The summed E-state index contributed by atoms with van der Waals surface area (Å²) in [5.41, 5.74) is 0. The topological polar surface area (TPSA) is 18.5 Å². The Bertz CT molecular complexity index is 2060. The average Bonchev–Trinajstić information content (AvgIpc) is 2.99. The Hall–Kier alpha value is -5.02. The van der Waals surface area contributed by atoms with Gasteiger partial charge in [0.15, 0.2) is 0 Å². The van der Waals surface area contributed by atoms with E-state index in [-0.39, 0.29) is 7.69 Å². The smallest absolute Gasteiger partial charge is 0.528 e. The molecule has 0 amide bonds. The third-order valence-electron chi connectivity index (χ3n) is 7.81. The minimum atomic E-state index is 0.117. The number of hydrogen-bond acceptors (Lipinski definition) is 2. The summed E-state index contributed by atoms with van der Waals surface area (Å²) in [6.07, 6.45) is 0. The molecule has 0 saturated carbocycles. The van der Waals surface area contributed by atoms with Crippen molar-refractivity contribution in [3.05, 3.63) is 133 Å². The van der Waals surface area contributed by atoms with E-state index in [9.17, 15) is 0 Å². The Morgan fingerprint density at radius 3 is 1.18 bits per heavy atom. The number of hydrogen-bond donors (Lipinski definition) is 0. The van der Waals surface area contributed by atoms with Crippen molar-refractivity contribution >= 4 is 72.3 Å². The molecule has 0 aromatic heterocycles. The van der Waals surface area contributed by atoms with Crippen molar-refractivity contribution in [3.8, 4) is 11.5 Å². The summed E-state index contributed by atoms with van der Waals surface area (Å²) in [4.78, 5) is 0. The molecule has 3 heteroatoms. The Labute approximate surface area is 226 Å². The minimum Gasteiger partial charge on any atom is -0.528 e. The second-order valence-corrected chi connectivity index (χ2v) is 10.1. The molecule has 0 saturated heterocycles. The molecule has 8 rings (SSSR count). The maximum Gasteiger partial charge on any atom is 0.576 e. The summed E-state index contributed by atoms with van der Waals surface area (Å²) in [5, 5.41) is 14.2. The molecular formula is C36H23BO2. The van der Waals surface area contributed by atoms with E-state index in [1.165, 1.54) is 43.1 Å². The first-order valence-electron chi connectivity index (χ1n) is 13.3. The van der Waals surface area contributed by atoms with E-state index < -0.39 is 0 Å². The van der Waals surface area contributed by atoms with Crippen LogP contribution in [0.25, 0.3) is 64.6 Å². The lowest BCUT2D eigenvalue weighted by atomic mass is 9.97. The van der Waals surface area contributed by atoms with E-state index in [0.717, 1.165) is 33.0 Å². The molecule has 182 valence electrons. The van der Waals surface area contributed by atoms with Gasteiger partial charge in [-0.25, -0.2) is 0 Å². The monoisotopic (exact) mass is 498 g/mol. The normalized spacial score (nSPS) is 11.6. The Balaban J connectivity index is 1.20. The standard InChI is InChI=1S/C36H23BO2/c1-3-9-27-21-31-29(19-25(27)7-1)17-15-23-11-5-13-33(35(23)31)38-37-39-34-14-6-12-24-16-18-30-20-26-8-2-4-10-28(26)22-32(30)36(24)34/h1-22,37H. The van der Waals surface area contributed by atoms with Crippen LogP contribution in [0.3, 0.4) is 0 Å². The molecule has 0 radical (unpaired) electrons. The van der Waals surface area contributed by atoms with E-state index in [0.29, 0.717) is 0 Å². The molecular weight excluding hydrogens is 475 g/mol. The van der Waals surface area contributed by atoms with Crippen LogP contribution >= 0.6 is 0 Å². The zero-order chi connectivity index (χ0) is 25.8. The average molecular weight is 498 g/mol. The molecule has 0 atom stereocenters. The van der Waals surface area contributed by atoms with Gasteiger partial charge in [-0.3, -0.25) is 0 Å². The van der Waals surface area contributed by atoms with Crippen LogP contribution in [0.15, 0.2) is 133 Å². The fraction of sp³-hybridized carbons (Fsp3) is 0. The molecule has 0 spiro atoms. The van der Waals surface area contributed by atoms with Crippen molar-refractivity contribution in [2.75, 3.05) is 0 Å². The van der Waals surface area contributed by atoms with Crippen LogP contribution in [0.1, 0.15) is 0 Å². The molecule has 0 heterocycles. The first kappa shape index (κ1) is 22.0. The Morgan fingerprint density at radius 2 is 0.718 bits per heavy atom. The lowest BCUT2D eigenvalue weighted by Gasteiger charge is -2.15. The van der Waals surface area contributed by atoms with Crippen molar-refractivity contribution in [3.63, 3.8) is 0 Å². The highest BCUT2D eigenvalue weighted by atomic mass is 16.6. The summed E-state index contributed by atoms with van der Waals surface area (Å²) in [7, 11) is 0.117. The van der Waals surface area contributed by atoms with Crippen LogP contribution in [-0.2, 0) is 0 Å². The molecule has 0 aliphatic rings. The molecule has 8 aromatic rings. The molecule has 0 aliphatic carbocycles. The highest BCUT2D eigenvalue weighted by molar-refractivity contribution is 6.24. The third kappa shape index (κ3) is 3.66. The van der Waals surface area contributed by atoms with Gasteiger partial charge in [0.05, 0.1) is 0 Å². The van der Waals surface area contributed by atoms with E-state index >= 15 is 0 Å². The van der Waals surface area contributed by atoms with Crippen LogP contribution in [0.5, 0.6) is 11.5 Å². The molecule has 0 aliphatic heterocycles. The van der Waals surface area contributed by atoms with Crippen molar-refractivity contribution in [2.45, 2.75) is 0 Å². The number of benzene rings is 8.